The van der Waals surface area contributed by atoms with Gasteiger partial charge in [0.25, 0.3) is 0 Å². The molecule has 0 bridgehead atoms. The fourth-order valence-electron chi connectivity index (χ4n) is 3.07. The molecule has 1 aliphatic carbocycles. The Balaban J connectivity index is 1.83. The van der Waals surface area contributed by atoms with Crippen molar-refractivity contribution in [1.29, 1.82) is 0 Å². The second-order valence-electron chi connectivity index (χ2n) is 5.95. The Bertz CT molecular complexity index is 383. The van der Waals surface area contributed by atoms with E-state index in [4.69, 9.17) is 0 Å². The molecule has 1 aromatic rings. The molecular formula is C18H28O. The van der Waals surface area contributed by atoms with E-state index in [0.29, 0.717) is 0 Å². The summed E-state index contributed by atoms with van der Waals surface area (Å²) in [6.07, 6.45) is 12.1. The third kappa shape index (κ3) is 4.35. The predicted molar refractivity (Wildman–Crippen MR) is 81.4 cm³/mol. The van der Waals surface area contributed by atoms with E-state index < -0.39 is 0 Å². The minimum absolute atomic E-state index is 0.256. The summed E-state index contributed by atoms with van der Waals surface area (Å²) in [5, 5.41) is 10.3. The Morgan fingerprint density at radius 1 is 1.00 bits per heavy atom. The van der Waals surface area contributed by atoms with Crippen LogP contribution < -0.4 is 0 Å². The molecule has 1 atom stereocenters. The molecule has 1 N–H and O–H groups in total. The second kappa shape index (κ2) is 7.69. The maximum Gasteiger partial charge on any atom is 0.0790 e. The summed E-state index contributed by atoms with van der Waals surface area (Å²) in [5.74, 6) is 0. The van der Waals surface area contributed by atoms with Crippen LogP contribution in [-0.2, 0) is 12.8 Å². The van der Waals surface area contributed by atoms with Crippen molar-refractivity contribution in [1.82, 2.24) is 0 Å². The zero-order valence-corrected chi connectivity index (χ0v) is 12.3. The molecule has 1 aromatic carbocycles. The van der Waals surface area contributed by atoms with E-state index in [1.165, 1.54) is 62.5 Å². The van der Waals surface area contributed by atoms with Crippen LogP contribution in [0, 0.1) is 0 Å². The van der Waals surface area contributed by atoms with Gasteiger partial charge in [0.2, 0.25) is 0 Å². The molecule has 1 aliphatic rings. The standard InChI is InChI=1S/C18H28O/c1-2-3-4-5-6-11-18(19)17-13-12-15-9-7-8-10-16(15)14-17/h12-14,18-19H,2-11H2,1H3. The SMILES string of the molecule is CCCCCCCC(O)c1ccc2c(c1)CCCC2. The van der Waals surface area contributed by atoms with Crippen LogP contribution in [0.1, 0.15) is 81.1 Å². The van der Waals surface area contributed by atoms with Gasteiger partial charge in [-0.3, -0.25) is 0 Å². The third-order valence-electron chi connectivity index (χ3n) is 4.34. The van der Waals surface area contributed by atoms with E-state index in [1.54, 1.807) is 0 Å². The molecule has 0 radical (unpaired) electrons. The average molecular weight is 260 g/mol. The molecule has 1 unspecified atom stereocenters. The third-order valence-corrected chi connectivity index (χ3v) is 4.34. The zero-order chi connectivity index (χ0) is 13.5. The Labute approximate surface area is 118 Å². The van der Waals surface area contributed by atoms with Gasteiger partial charge in [0.05, 0.1) is 6.10 Å². The van der Waals surface area contributed by atoms with Crippen molar-refractivity contribution in [3.8, 4) is 0 Å². The number of hydrogen-bond acceptors (Lipinski definition) is 1. The maximum absolute atomic E-state index is 10.3. The van der Waals surface area contributed by atoms with Crippen molar-refractivity contribution in [3.63, 3.8) is 0 Å². The summed E-state index contributed by atoms with van der Waals surface area (Å²) < 4.78 is 0. The van der Waals surface area contributed by atoms with Gasteiger partial charge in [0.1, 0.15) is 0 Å². The lowest BCUT2D eigenvalue weighted by atomic mass is 9.89. The lowest BCUT2D eigenvalue weighted by Crippen LogP contribution is -2.05. The Kier molecular flexibility index (Phi) is 5.91. The topological polar surface area (TPSA) is 20.2 Å². The highest BCUT2D eigenvalue weighted by atomic mass is 16.3. The van der Waals surface area contributed by atoms with Gasteiger partial charge in [-0.25, -0.2) is 0 Å². The lowest BCUT2D eigenvalue weighted by Gasteiger charge is -2.18. The zero-order valence-electron chi connectivity index (χ0n) is 12.3. The second-order valence-corrected chi connectivity index (χ2v) is 5.95. The Morgan fingerprint density at radius 2 is 1.74 bits per heavy atom. The Morgan fingerprint density at radius 3 is 2.53 bits per heavy atom. The molecule has 0 aromatic heterocycles. The first kappa shape index (κ1) is 14.6. The molecule has 1 nitrogen and oxygen atoms in total. The van der Waals surface area contributed by atoms with Crippen LogP contribution in [0.25, 0.3) is 0 Å². The highest BCUT2D eigenvalue weighted by Crippen LogP contribution is 2.27. The minimum Gasteiger partial charge on any atom is -0.388 e. The average Bonchev–Trinajstić information content (AvgIpc) is 2.46. The van der Waals surface area contributed by atoms with Crippen molar-refractivity contribution in [2.24, 2.45) is 0 Å². The molecule has 0 amide bonds. The fourth-order valence-corrected chi connectivity index (χ4v) is 3.07. The van der Waals surface area contributed by atoms with E-state index in [2.05, 4.69) is 25.1 Å². The molecule has 0 aliphatic heterocycles. The molecule has 1 heteroatoms. The molecular weight excluding hydrogens is 232 g/mol. The minimum atomic E-state index is -0.256. The lowest BCUT2D eigenvalue weighted by molar-refractivity contribution is 0.163. The monoisotopic (exact) mass is 260 g/mol. The number of fused-ring (bicyclic) bond motifs is 1. The van der Waals surface area contributed by atoms with Crippen molar-refractivity contribution < 1.29 is 5.11 Å². The van der Waals surface area contributed by atoms with Gasteiger partial charge in [-0.2, -0.15) is 0 Å². The van der Waals surface area contributed by atoms with Gasteiger partial charge in [-0.15, -0.1) is 0 Å². The molecule has 2 rings (SSSR count). The first-order valence-corrected chi connectivity index (χ1v) is 8.11. The molecule has 0 saturated heterocycles. The van der Waals surface area contributed by atoms with E-state index in [9.17, 15) is 5.11 Å². The summed E-state index contributed by atoms with van der Waals surface area (Å²) in [7, 11) is 0. The molecule has 0 heterocycles. The van der Waals surface area contributed by atoms with Gasteiger partial charge >= 0.3 is 0 Å². The quantitative estimate of drug-likeness (QED) is 0.687. The normalized spacial score (nSPS) is 16.1. The highest BCUT2D eigenvalue weighted by molar-refractivity contribution is 5.34. The van der Waals surface area contributed by atoms with E-state index in [-0.39, 0.29) is 6.10 Å². The van der Waals surface area contributed by atoms with Crippen LogP contribution in [0.5, 0.6) is 0 Å². The predicted octanol–water partition coefficient (Wildman–Crippen LogP) is 4.96. The van der Waals surface area contributed by atoms with Crippen molar-refractivity contribution in [2.45, 2.75) is 77.2 Å². The van der Waals surface area contributed by atoms with Gasteiger partial charge in [0.15, 0.2) is 0 Å². The molecule has 0 spiro atoms. The summed E-state index contributed by atoms with van der Waals surface area (Å²) in [6, 6.07) is 6.64. The van der Waals surface area contributed by atoms with E-state index in [0.717, 1.165) is 18.4 Å². The van der Waals surface area contributed by atoms with Crippen molar-refractivity contribution in [2.75, 3.05) is 0 Å². The van der Waals surface area contributed by atoms with Gasteiger partial charge in [-0.05, 0) is 48.8 Å². The number of aliphatic hydroxyl groups excluding tert-OH is 1. The maximum atomic E-state index is 10.3. The van der Waals surface area contributed by atoms with Gasteiger partial charge in [-0.1, -0.05) is 57.2 Å². The van der Waals surface area contributed by atoms with Crippen LogP contribution in [0.15, 0.2) is 18.2 Å². The number of unbranched alkanes of at least 4 members (excludes halogenated alkanes) is 4. The summed E-state index contributed by atoms with van der Waals surface area (Å²) in [5.41, 5.74) is 4.12. The number of benzene rings is 1. The van der Waals surface area contributed by atoms with Crippen LogP contribution in [0.4, 0.5) is 0 Å². The fraction of sp³-hybridized carbons (Fsp3) is 0.667. The molecule has 19 heavy (non-hydrogen) atoms. The molecule has 0 saturated carbocycles. The van der Waals surface area contributed by atoms with Crippen LogP contribution in [0.2, 0.25) is 0 Å². The van der Waals surface area contributed by atoms with Crippen LogP contribution >= 0.6 is 0 Å². The summed E-state index contributed by atoms with van der Waals surface area (Å²) >= 11 is 0. The van der Waals surface area contributed by atoms with Gasteiger partial charge in [0, 0.05) is 0 Å². The number of rotatable bonds is 7. The number of hydrogen-bond donors (Lipinski definition) is 1. The van der Waals surface area contributed by atoms with Crippen LogP contribution in [0.3, 0.4) is 0 Å². The first-order valence-electron chi connectivity index (χ1n) is 8.11. The highest BCUT2D eigenvalue weighted by Gasteiger charge is 2.13. The molecule has 0 fully saturated rings. The Hall–Kier alpha value is -0.820. The number of aliphatic hydroxyl groups is 1. The van der Waals surface area contributed by atoms with Gasteiger partial charge < -0.3 is 5.11 Å². The van der Waals surface area contributed by atoms with E-state index >= 15 is 0 Å². The first-order chi connectivity index (χ1) is 9.31. The summed E-state index contributed by atoms with van der Waals surface area (Å²) in [4.78, 5) is 0. The van der Waals surface area contributed by atoms with Crippen molar-refractivity contribution >= 4 is 0 Å². The molecule has 106 valence electrons. The summed E-state index contributed by atoms with van der Waals surface area (Å²) in [6.45, 7) is 2.24. The largest absolute Gasteiger partial charge is 0.388 e. The van der Waals surface area contributed by atoms with Crippen molar-refractivity contribution in [3.05, 3.63) is 34.9 Å². The smallest absolute Gasteiger partial charge is 0.0790 e. The number of aryl methyl sites for hydroxylation is 2. The van der Waals surface area contributed by atoms with E-state index in [1.807, 2.05) is 0 Å². The van der Waals surface area contributed by atoms with Crippen LogP contribution in [-0.4, -0.2) is 5.11 Å².